The summed E-state index contributed by atoms with van der Waals surface area (Å²) in [5.41, 5.74) is 2.14. The minimum absolute atomic E-state index is 0.0734. The van der Waals surface area contributed by atoms with Crippen molar-refractivity contribution in [2.75, 3.05) is 13.1 Å². The van der Waals surface area contributed by atoms with Gasteiger partial charge < -0.3 is 10.3 Å². The van der Waals surface area contributed by atoms with E-state index in [-0.39, 0.29) is 17.3 Å². The van der Waals surface area contributed by atoms with E-state index >= 15 is 0 Å². The van der Waals surface area contributed by atoms with E-state index in [0.29, 0.717) is 18.5 Å². The Morgan fingerprint density at radius 1 is 1.15 bits per heavy atom. The van der Waals surface area contributed by atoms with E-state index in [1.807, 2.05) is 24.3 Å². The highest BCUT2D eigenvalue weighted by Crippen LogP contribution is 2.12. The van der Waals surface area contributed by atoms with Gasteiger partial charge in [-0.15, -0.1) is 0 Å². The number of hydrogen-bond acceptors (Lipinski definition) is 4. The predicted molar refractivity (Wildman–Crippen MR) is 99.4 cm³/mol. The van der Waals surface area contributed by atoms with Crippen LogP contribution in [-0.2, 0) is 16.4 Å². The third-order valence-electron chi connectivity index (χ3n) is 3.83. The zero-order valence-corrected chi connectivity index (χ0v) is 15.1. The van der Waals surface area contributed by atoms with Crippen LogP contribution in [0.15, 0.2) is 53.4 Å². The summed E-state index contributed by atoms with van der Waals surface area (Å²) in [5, 5.41) is 2.79. The van der Waals surface area contributed by atoms with E-state index in [4.69, 9.17) is 0 Å². The van der Waals surface area contributed by atoms with Gasteiger partial charge in [-0.25, -0.2) is 18.1 Å². The molecule has 3 aromatic rings. The van der Waals surface area contributed by atoms with Crippen LogP contribution in [-0.4, -0.2) is 37.4 Å². The number of rotatable bonds is 7. The molecule has 7 nitrogen and oxygen atoms in total. The molecular weight excluding hydrogens is 352 g/mol. The number of aromatic amines is 1. The van der Waals surface area contributed by atoms with Crippen molar-refractivity contribution in [1.82, 2.24) is 20.0 Å². The minimum atomic E-state index is -3.59. The lowest BCUT2D eigenvalue weighted by molar-refractivity contribution is 0.0954. The normalized spacial score (nSPS) is 11.6. The van der Waals surface area contributed by atoms with Crippen molar-refractivity contribution in [3.63, 3.8) is 0 Å². The van der Waals surface area contributed by atoms with E-state index in [1.165, 1.54) is 12.1 Å². The van der Waals surface area contributed by atoms with E-state index in [9.17, 15) is 13.2 Å². The number of nitrogens with zero attached hydrogens (tertiary/aromatic N) is 1. The van der Waals surface area contributed by atoms with Gasteiger partial charge in [-0.3, -0.25) is 4.79 Å². The van der Waals surface area contributed by atoms with Crippen LogP contribution in [0.5, 0.6) is 0 Å². The molecule has 1 heterocycles. The second kappa shape index (κ2) is 7.67. The maximum absolute atomic E-state index is 12.3. The summed E-state index contributed by atoms with van der Waals surface area (Å²) in [4.78, 5) is 20.0. The largest absolute Gasteiger partial charge is 0.352 e. The van der Waals surface area contributed by atoms with Crippen LogP contribution in [0.2, 0.25) is 0 Å². The summed E-state index contributed by atoms with van der Waals surface area (Å²) in [5.74, 6) is 0.463. The molecule has 0 unspecified atom stereocenters. The Labute approximate surface area is 151 Å². The second-order valence-electron chi connectivity index (χ2n) is 5.74. The van der Waals surface area contributed by atoms with Crippen LogP contribution in [0, 0.1) is 0 Å². The van der Waals surface area contributed by atoms with Crippen LogP contribution in [0.3, 0.4) is 0 Å². The van der Waals surface area contributed by atoms with Gasteiger partial charge in [0.2, 0.25) is 10.0 Å². The van der Waals surface area contributed by atoms with Gasteiger partial charge in [-0.2, -0.15) is 0 Å². The zero-order chi connectivity index (χ0) is 18.6. The van der Waals surface area contributed by atoms with Crippen LogP contribution in [0.4, 0.5) is 0 Å². The fourth-order valence-corrected chi connectivity index (χ4v) is 3.68. The molecule has 0 spiro atoms. The summed E-state index contributed by atoms with van der Waals surface area (Å²) in [6, 6.07) is 13.7. The number of nitrogens with one attached hydrogen (secondary N) is 3. The van der Waals surface area contributed by atoms with Crippen molar-refractivity contribution < 1.29 is 13.2 Å². The molecule has 26 heavy (non-hydrogen) atoms. The van der Waals surface area contributed by atoms with E-state index in [2.05, 4.69) is 20.0 Å². The number of H-pyrrole nitrogens is 1. The molecular formula is C18H20N4O3S. The fraction of sp³-hybridized carbons (Fsp3) is 0.222. The molecule has 2 aromatic carbocycles. The third-order valence-corrected chi connectivity index (χ3v) is 5.37. The zero-order valence-electron chi connectivity index (χ0n) is 14.3. The van der Waals surface area contributed by atoms with Gasteiger partial charge in [0.1, 0.15) is 5.82 Å². The number of aromatic nitrogens is 2. The smallest absolute Gasteiger partial charge is 0.251 e. The Kier molecular flexibility index (Phi) is 5.34. The highest BCUT2D eigenvalue weighted by Gasteiger charge is 2.15. The monoisotopic (exact) mass is 372 g/mol. The first kappa shape index (κ1) is 18.1. The number of hydrogen-bond donors (Lipinski definition) is 3. The number of imidazole rings is 1. The summed E-state index contributed by atoms with van der Waals surface area (Å²) in [6.07, 6.45) is 0.551. The molecule has 0 saturated heterocycles. The lowest BCUT2D eigenvalue weighted by Crippen LogP contribution is -2.27. The number of carbonyl (C=O) groups is 1. The molecule has 0 radical (unpaired) electrons. The fourth-order valence-electron chi connectivity index (χ4n) is 2.60. The molecule has 0 fully saturated rings. The molecule has 0 aliphatic heterocycles. The van der Waals surface area contributed by atoms with Gasteiger partial charge in [-0.1, -0.05) is 25.1 Å². The van der Waals surface area contributed by atoms with E-state index < -0.39 is 10.0 Å². The summed E-state index contributed by atoms with van der Waals surface area (Å²) in [6.45, 7) is 2.38. The van der Waals surface area contributed by atoms with E-state index in [0.717, 1.165) is 16.9 Å². The molecule has 1 amide bonds. The summed E-state index contributed by atoms with van der Waals surface area (Å²) >= 11 is 0. The molecule has 1 aromatic heterocycles. The quantitative estimate of drug-likeness (QED) is 0.588. The maximum Gasteiger partial charge on any atom is 0.251 e. The van der Waals surface area contributed by atoms with Crippen molar-refractivity contribution in [2.45, 2.75) is 18.2 Å². The molecule has 136 valence electrons. The van der Waals surface area contributed by atoms with Crippen molar-refractivity contribution in [3.05, 3.63) is 59.9 Å². The van der Waals surface area contributed by atoms with Gasteiger partial charge in [-0.05, 0) is 30.3 Å². The first-order valence-corrected chi connectivity index (χ1v) is 9.79. The Bertz CT molecular complexity index is 995. The first-order chi connectivity index (χ1) is 12.5. The second-order valence-corrected chi connectivity index (χ2v) is 7.50. The summed E-state index contributed by atoms with van der Waals surface area (Å²) in [7, 11) is -3.59. The standard InChI is InChI=1S/C18H20N4O3S/c1-2-20-26(24,25)14-7-5-6-13(12-14)18(23)19-11-10-17-21-15-8-3-4-9-16(15)22-17/h3-9,12,20H,2,10-11H2,1H3,(H,19,23)(H,21,22). The van der Waals surface area contributed by atoms with Gasteiger partial charge in [0.05, 0.1) is 15.9 Å². The number of amides is 1. The maximum atomic E-state index is 12.3. The van der Waals surface area contributed by atoms with Crippen molar-refractivity contribution in [2.24, 2.45) is 0 Å². The first-order valence-electron chi connectivity index (χ1n) is 8.31. The molecule has 0 aliphatic carbocycles. The predicted octanol–water partition coefficient (Wildman–Crippen LogP) is 1.83. The average Bonchev–Trinajstić information content (AvgIpc) is 3.04. The van der Waals surface area contributed by atoms with Gasteiger partial charge in [0, 0.05) is 25.1 Å². The Morgan fingerprint density at radius 3 is 2.73 bits per heavy atom. The van der Waals surface area contributed by atoms with Gasteiger partial charge in [0.25, 0.3) is 5.91 Å². The number of benzene rings is 2. The topological polar surface area (TPSA) is 104 Å². The van der Waals surface area contributed by atoms with Crippen LogP contribution < -0.4 is 10.0 Å². The molecule has 3 N–H and O–H groups in total. The number of sulfonamides is 1. The lowest BCUT2D eigenvalue weighted by Gasteiger charge is -2.07. The number of para-hydroxylation sites is 2. The molecule has 8 heteroatoms. The highest BCUT2D eigenvalue weighted by atomic mass is 32.2. The van der Waals surface area contributed by atoms with Crippen LogP contribution >= 0.6 is 0 Å². The Hall–Kier alpha value is -2.71. The third kappa shape index (κ3) is 4.09. The van der Waals surface area contributed by atoms with Crippen LogP contribution in [0.1, 0.15) is 23.1 Å². The minimum Gasteiger partial charge on any atom is -0.352 e. The van der Waals surface area contributed by atoms with E-state index in [1.54, 1.807) is 19.1 Å². The van der Waals surface area contributed by atoms with Crippen LogP contribution in [0.25, 0.3) is 11.0 Å². The van der Waals surface area contributed by atoms with Crippen molar-refractivity contribution in [3.8, 4) is 0 Å². The van der Waals surface area contributed by atoms with Crippen molar-refractivity contribution in [1.29, 1.82) is 0 Å². The number of fused-ring (bicyclic) bond motifs is 1. The molecule has 0 aliphatic rings. The Morgan fingerprint density at radius 2 is 1.96 bits per heavy atom. The SMILES string of the molecule is CCNS(=O)(=O)c1cccc(C(=O)NCCc2nc3ccccc3[nH]2)c1. The molecule has 0 atom stereocenters. The van der Waals surface area contributed by atoms with Gasteiger partial charge >= 0.3 is 0 Å². The Balaban J connectivity index is 1.63. The van der Waals surface area contributed by atoms with Crippen molar-refractivity contribution >= 4 is 27.0 Å². The lowest BCUT2D eigenvalue weighted by atomic mass is 10.2. The molecule has 0 saturated carbocycles. The highest BCUT2D eigenvalue weighted by molar-refractivity contribution is 7.89. The van der Waals surface area contributed by atoms with Gasteiger partial charge in [0.15, 0.2) is 0 Å². The summed E-state index contributed by atoms with van der Waals surface area (Å²) < 4.78 is 26.5. The molecule has 3 rings (SSSR count). The molecule has 0 bridgehead atoms. The average molecular weight is 372 g/mol. The number of carbonyl (C=O) groups excluding carboxylic acids is 1.